The summed E-state index contributed by atoms with van der Waals surface area (Å²) in [6, 6.07) is 0. The molecule has 0 aromatic rings. The number of imide groups is 1. The molecule has 1 heterocycles. The van der Waals surface area contributed by atoms with Gasteiger partial charge in [-0.25, -0.2) is 0 Å². The molecule has 0 aliphatic carbocycles. The summed E-state index contributed by atoms with van der Waals surface area (Å²) in [4.78, 5) is 34.9. The highest BCUT2D eigenvalue weighted by Gasteiger charge is 2.25. The smallest absolute Gasteiger partial charge is 0.254 e. The predicted octanol–water partition coefficient (Wildman–Crippen LogP) is -1.93. The summed E-state index contributed by atoms with van der Waals surface area (Å²) in [5, 5.41) is 11.0. The van der Waals surface area contributed by atoms with Crippen LogP contribution in [0.2, 0.25) is 0 Å². The van der Waals surface area contributed by atoms with Crippen molar-refractivity contribution in [2.24, 2.45) is 0 Å². The van der Waals surface area contributed by atoms with Crippen molar-refractivity contribution in [1.29, 1.82) is 0 Å². The van der Waals surface area contributed by atoms with Gasteiger partial charge in [-0.15, -0.1) is 0 Å². The molecule has 1 aliphatic heterocycles. The molecule has 0 aromatic heterocycles. The normalized spacial score (nSPS) is 13.9. The van der Waals surface area contributed by atoms with Gasteiger partial charge in [0, 0.05) is 18.7 Å². The number of ether oxygens (including phenoxy) is 3. The summed E-state index contributed by atoms with van der Waals surface area (Å²) in [5.41, 5.74) is 0. The number of nitrogens with zero attached hydrogens (tertiary/aromatic N) is 1. The molecule has 0 aromatic carbocycles. The number of hydrogen-bond acceptors (Lipinski definition) is 7. The van der Waals surface area contributed by atoms with E-state index >= 15 is 0 Å². The molecule has 0 fully saturated rings. The lowest BCUT2D eigenvalue weighted by Crippen LogP contribution is -2.41. The number of nitrogens with one attached hydrogen (secondary N) is 1. The van der Waals surface area contributed by atoms with E-state index in [1.54, 1.807) is 0 Å². The van der Waals surface area contributed by atoms with Crippen molar-refractivity contribution >= 4 is 17.7 Å². The van der Waals surface area contributed by atoms with Gasteiger partial charge in [-0.2, -0.15) is 0 Å². The standard InChI is InChI=1S/C14H22N2O7/c17-4-6-22-8-10-23-9-7-21-5-3-15-12(18)11-16-13(19)1-2-14(16)20/h1-2,17H,3-11H2,(H,15,18). The molecule has 0 bridgehead atoms. The van der Waals surface area contributed by atoms with Crippen molar-refractivity contribution in [3.8, 4) is 0 Å². The zero-order chi connectivity index (χ0) is 16.9. The van der Waals surface area contributed by atoms with Gasteiger partial charge in [-0.1, -0.05) is 0 Å². The van der Waals surface area contributed by atoms with Gasteiger partial charge in [0.25, 0.3) is 11.8 Å². The van der Waals surface area contributed by atoms with Crippen LogP contribution in [-0.4, -0.2) is 87.1 Å². The number of hydrogen-bond donors (Lipinski definition) is 2. The van der Waals surface area contributed by atoms with E-state index in [-0.39, 0.29) is 19.7 Å². The summed E-state index contributed by atoms with van der Waals surface area (Å²) < 4.78 is 15.5. The number of rotatable bonds is 13. The van der Waals surface area contributed by atoms with Crippen molar-refractivity contribution < 1.29 is 33.7 Å². The largest absolute Gasteiger partial charge is 0.394 e. The number of aliphatic hydroxyl groups is 1. The Morgan fingerprint density at radius 2 is 1.48 bits per heavy atom. The van der Waals surface area contributed by atoms with E-state index in [0.29, 0.717) is 39.6 Å². The number of carbonyl (C=O) groups is 3. The molecule has 9 nitrogen and oxygen atoms in total. The molecule has 23 heavy (non-hydrogen) atoms. The maximum absolute atomic E-state index is 11.6. The van der Waals surface area contributed by atoms with Crippen LogP contribution >= 0.6 is 0 Å². The van der Waals surface area contributed by atoms with Crippen LogP contribution in [-0.2, 0) is 28.6 Å². The Labute approximate surface area is 134 Å². The number of carbonyl (C=O) groups excluding carboxylic acids is 3. The average molecular weight is 330 g/mol. The van der Waals surface area contributed by atoms with Gasteiger partial charge in [0.15, 0.2) is 0 Å². The molecule has 130 valence electrons. The molecule has 1 aliphatic rings. The fourth-order valence-electron chi connectivity index (χ4n) is 1.66. The lowest BCUT2D eigenvalue weighted by molar-refractivity contribution is -0.141. The van der Waals surface area contributed by atoms with Crippen LogP contribution in [0.3, 0.4) is 0 Å². The third-order valence-electron chi connectivity index (χ3n) is 2.75. The maximum atomic E-state index is 11.6. The Balaban J connectivity index is 1.90. The van der Waals surface area contributed by atoms with Crippen LogP contribution in [0.1, 0.15) is 0 Å². The van der Waals surface area contributed by atoms with Gasteiger partial charge < -0.3 is 24.6 Å². The molecule has 0 radical (unpaired) electrons. The topological polar surface area (TPSA) is 114 Å². The number of amides is 3. The summed E-state index contributed by atoms with van der Waals surface area (Å²) >= 11 is 0. The van der Waals surface area contributed by atoms with Crippen molar-refractivity contribution in [2.45, 2.75) is 0 Å². The maximum Gasteiger partial charge on any atom is 0.254 e. The monoisotopic (exact) mass is 330 g/mol. The fourth-order valence-corrected chi connectivity index (χ4v) is 1.66. The van der Waals surface area contributed by atoms with E-state index in [1.807, 2.05) is 0 Å². The van der Waals surface area contributed by atoms with E-state index in [4.69, 9.17) is 19.3 Å². The zero-order valence-corrected chi connectivity index (χ0v) is 12.9. The fraction of sp³-hybridized carbons (Fsp3) is 0.643. The van der Waals surface area contributed by atoms with E-state index < -0.39 is 17.7 Å². The Hall–Kier alpha value is -1.81. The first-order valence-electron chi connectivity index (χ1n) is 7.29. The van der Waals surface area contributed by atoms with Crippen LogP contribution in [0.15, 0.2) is 12.2 Å². The molecule has 2 N–H and O–H groups in total. The molecule has 3 amide bonds. The average Bonchev–Trinajstić information content (AvgIpc) is 2.84. The lowest BCUT2D eigenvalue weighted by atomic mass is 10.4. The summed E-state index contributed by atoms with van der Waals surface area (Å²) in [6.07, 6.45) is 2.27. The molecular formula is C14H22N2O7. The van der Waals surface area contributed by atoms with Crippen LogP contribution in [0, 0.1) is 0 Å². The van der Waals surface area contributed by atoms with Crippen LogP contribution < -0.4 is 5.32 Å². The lowest BCUT2D eigenvalue weighted by Gasteiger charge is -2.13. The molecule has 0 saturated heterocycles. The summed E-state index contributed by atoms with van der Waals surface area (Å²) in [5.74, 6) is -1.39. The Kier molecular flexibility index (Phi) is 9.80. The minimum absolute atomic E-state index is 0.00851. The third-order valence-corrected chi connectivity index (χ3v) is 2.75. The quantitative estimate of drug-likeness (QED) is 0.298. The van der Waals surface area contributed by atoms with Crippen molar-refractivity contribution in [3.63, 3.8) is 0 Å². The van der Waals surface area contributed by atoms with Gasteiger partial charge >= 0.3 is 0 Å². The van der Waals surface area contributed by atoms with Gasteiger partial charge in [0.2, 0.25) is 5.91 Å². The Morgan fingerprint density at radius 1 is 0.957 bits per heavy atom. The first-order chi connectivity index (χ1) is 11.1. The SMILES string of the molecule is O=C(CN1C(=O)C=CC1=O)NCCOCCOCCOCCO. The van der Waals surface area contributed by atoms with Crippen LogP contribution in [0.4, 0.5) is 0 Å². The first-order valence-corrected chi connectivity index (χ1v) is 7.29. The van der Waals surface area contributed by atoms with Crippen molar-refractivity contribution in [2.75, 3.05) is 59.3 Å². The van der Waals surface area contributed by atoms with Gasteiger partial charge in [0.1, 0.15) is 6.54 Å². The van der Waals surface area contributed by atoms with Crippen LogP contribution in [0.25, 0.3) is 0 Å². The second-order valence-corrected chi connectivity index (χ2v) is 4.51. The second-order valence-electron chi connectivity index (χ2n) is 4.51. The second kappa shape index (κ2) is 11.7. The predicted molar refractivity (Wildman–Crippen MR) is 78.4 cm³/mol. The molecular weight excluding hydrogens is 308 g/mol. The highest BCUT2D eigenvalue weighted by molar-refractivity contribution is 6.14. The number of aliphatic hydroxyl groups excluding tert-OH is 1. The van der Waals surface area contributed by atoms with Gasteiger partial charge in [0.05, 0.1) is 46.2 Å². The molecule has 0 spiro atoms. The van der Waals surface area contributed by atoms with E-state index in [9.17, 15) is 14.4 Å². The zero-order valence-electron chi connectivity index (χ0n) is 12.9. The minimum atomic E-state index is -0.485. The molecule has 0 atom stereocenters. The summed E-state index contributed by atoms with van der Waals surface area (Å²) in [7, 11) is 0. The Bertz CT molecular complexity index is 407. The third kappa shape index (κ3) is 8.41. The van der Waals surface area contributed by atoms with Gasteiger partial charge in [-0.05, 0) is 0 Å². The first kappa shape index (κ1) is 19.2. The van der Waals surface area contributed by atoms with Crippen molar-refractivity contribution in [3.05, 3.63) is 12.2 Å². The molecule has 1 rings (SSSR count). The summed E-state index contributed by atoms with van der Waals surface area (Å²) in [6.45, 7) is 2.20. The van der Waals surface area contributed by atoms with Crippen molar-refractivity contribution in [1.82, 2.24) is 10.2 Å². The highest BCUT2D eigenvalue weighted by Crippen LogP contribution is 2.01. The van der Waals surface area contributed by atoms with Gasteiger partial charge in [-0.3, -0.25) is 19.3 Å². The van der Waals surface area contributed by atoms with Crippen LogP contribution in [0.5, 0.6) is 0 Å². The molecule has 0 unspecified atom stereocenters. The Morgan fingerprint density at radius 3 is 2.04 bits per heavy atom. The van der Waals surface area contributed by atoms with E-state index in [2.05, 4.69) is 5.32 Å². The molecule has 9 heteroatoms. The molecule has 0 saturated carbocycles. The van der Waals surface area contributed by atoms with E-state index in [1.165, 1.54) is 0 Å². The highest BCUT2D eigenvalue weighted by atomic mass is 16.5. The minimum Gasteiger partial charge on any atom is -0.394 e. The van der Waals surface area contributed by atoms with E-state index in [0.717, 1.165) is 17.1 Å².